The van der Waals surface area contributed by atoms with Gasteiger partial charge in [-0.1, -0.05) is 177 Å². The number of benzene rings is 8. The maximum absolute atomic E-state index is 13.7. The number of nitrogens with two attached hydrogens (primary N) is 1. The van der Waals surface area contributed by atoms with Crippen molar-refractivity contribution in [2.45, 2.75) is 69.5 Å². The number of ether oxygens (including phenoxy) is 3. The number of aromatic nitrogens is 8. The lowest BCUT2D eigenvalue weighted by molar-refractivity contribution is -0.152. The van der Waals surface area contributed by atoms with Gasteiger partial charge in [-0.05, 0) is 83.6 Å². The molecule has 29 nitrogen and oxygen atoms in total. The number of hydrogen-bond donors (Lipinski definition) is 8. The van der Waals surface area contributed by atoms with Crippen LogP contribution in [0.1, 0.15) is 71.1 Å². The number of nitrogens with zero attached hydrogens (tertiary/aromatic N) is 8. The van der Waals surface area contributed by atoms with Gasteiger partial charge in [-0.25, -0.2) is 41.5 Å². The first-order chi connectivity index (χ1) is 57.3. The van der Waals surface area contributed by atoms with E-state index in [1.807, 2.05) is 66.7 Å². The predicted molar refractivity (Wildman–Crippen MR) is 443 cm³/mol. The lowest BCUT2D eigenvalue weighted by Gasteiger charge is -2.22. The number of carboxylic acid groups (broad SMARTS) is 2. The highest BCUT2D eigenvalue weighted by Crippen LogP contribution is 2.28. The van der Waals surface area contributed by atoms with E-state index < -0.39 is 119 Å². The Kier molecular flexibility index (Phi) is 36.9. The maximum atomic E-state index is 13.7. The number of aryl methyl sites for hydroxylation is 4. The number of aliphatic carboxylic acids is 1. The van der Waals surface area contributed by atoms with Crippen LogP contribution in [-0.4, -0.2) is 176 Å². The Bertz CT molecular complexity index is 5560. The van der Waals surface area contributed by atoms with Crippen LogP contribution in [0.4, 0.5) is 17.6 Å². The number of amides is 3. The zero-order chi connectivity index (χ0) is 87.3. The molecule has 6 atom stereocenters. The molecule has 8 aromatic carbocycles. The molecule has 3 amide bonds. The molecule has 34 heteroatoms. The number of hydrogen-bond acceptors (Lipinski definition) is 20. The van der Waals surface area contributed by atoms with Crippen LogP contribution in [0.15, 0.2) is 243 Å². The summed E-state index contributed by atoms with van der Waals surface area (Å²) in [5.41, 5.74) is 12.2. The molecule has 0 spiro atoms. The molecule has 12 rings (SSSR count). The number of ketones is 2. The van der Waals surface area contributed by atoms with E-state index in [-0.39, 0.29) is 78.4 Å². The van der Waals surface area contributed by atoms with Crippen LogP contribution in [0, 0.1) is 23.3 Å². The largest absolute Gasteiger partial charge is 0.478 e. The fourth-order valence-electron chi connectivity index (χ4n) is 11.9. The number of Topliss-reactive ketones (excluding diaryl/α,β-unsaturated/α-hetero) is 2. The molecule has 0 radical (unpaired) electrons. The number of carbonyl (C=O) groups excluding carboxylic acids is 8. The van der Waals surface area contributed by atoms with Crippen molar-refractivity contribution < 1.29 is 100 Å². The Morgan fingerprint density at radius 1 is 0.385 bits per heavy atom. The molecule has 0 fully saturated rings. The molecule has 0 aliphatic rings. The summed E-state index contributed by atoms with van der Waals surface area (Å²) in [6, 6.07) is 55.1. The number of methoxy groups -OCH3 is 3. The average Bonchev–Trinajstić information content (AvgIpc) is 1.66. The van der Waals surface area contributed by atoms with E-state index in [4.69, 9.17) is 15.9 Å². The summed E-state index contributed by atoms with van der Waals surface area (Å²) in [6.07, 6.45) is 3.74. The molecule has 638 valence electrons. The van der Waals surface area contributed by atoms with Crippen molar-refractivity contribution in [2.24, 2.45) is 33.9 Å². The van der Waals surface area contributed by atoms with Gasteiger partial charge in [0, 0.05) is 94.1 Å². The van der Waals surface area contributed by atoms with Gasteiger partial charge in [0.2, 0.25) is 0 Å². The van der Waals surface area contributed by atoms with Gasteiger partial charge in [-0.3, -0.25) is 42.7 Å². The molecule has 0 saturated carbocycles. The van der Waals surface area contributed by atoms with E-state index >= 15 is 0 Å². The highest BCUT2D eigenvalue weighted by atomic mass is 35.5. The number of aromatic carboxylic acids is 1. The predicted octanol–water partition coefficient (Wildman–Crippen LogP) is 9.70. The Morgan fingerprint density at radius 3 is 0.975 bits per heavy atom. The van der Waals surface area contributed by atoms with Crippen molar-refractivity contribution in [3.05, 3.63) is 311 Å². The normalized spacial score (nSPS) is 11.9. The van der Waals surface area contributed by atoms with Crippen LogP contribution >= 0.6 is 12.4 Å². The number of carbonyl (C=O) groups is 10. The first kappa shape index (κ1) is 96.4. The topological polar surface area (TPSA) is 413 Å². The van der Waals surface area contributed by atoms with Crippen LogP contribution in [0.2, 0.25) is 0 Å². The summed E-state index contributed by atoms with van der Waals surface area (Å²) in [7, 11) is 9.98. The molecule has 0 aliphatic heterocycles. The lowest BCUT2D eigenvalue weighted by Crippen LogP contribution is -2.48. The summed E-state index contributed by atoms with van der Waals surface area (Å²) >= 11 is 0. The van der Waals surface area contributed by atoms with Crippen LogP contribution in [0.3, 0.4) is 0 Å². The highest BCUT2D eigenvalue weighted by molar-refractivity contribution is 6.36. The number of carboxylic acids is 2. The van der Waals surface area contributed by atoms with Gasteiger partial charge in [0.25, 0.3) is 29.3 Å². The van der Waals surface area contributed by atoms with Crippen molar-refractivity contribution in [1.82, 2.24) is 55.1 Å². The second kappa shape index (κ2) is 46.7. The summed E-state index contributed by atoms with van der Waals surface area (Å²) < 4.78 is 73.1. The Balaban J connectivity index is 0.000000241. The van der Waals surface area contributed by atoms with Crippen molar-refractivity contribution in [3.63, 3.8) is 0 Å². The Morgan fingerprint density at radius 2 is 0.672 bits per heavy atom. The molecular weight excluding hydrogens is 1610 g/mol. The van der Waals surface area contributed by atoms with Crippen LogP contribution in [0.25, 0.3) is 45.0 Å². The zero-order valence-corrected chi connectivity index (χ0v) is 66.9. The summed E-state index contributed by atoms with van der Waals surface area (Å²) in [5.74, 6) is -11.0. The standard InChI is InChI=1S/C22H22FN3O4.C22H20FN3O4.C21H18FN3O4.C11H9FN2O2.C11H15NO3.CH4.ClH/c2*1-26-13-17(19(25-26)15-9-6-10-16(23)12-15)21(28)24-18(20(27)22(29)30-2)11-14-7-4-3-5-8-14;1-25-12-16(18(24-25)14-8-5-9-15(22)11-14)20(27)23-17(19(26)21(28)29)10-13-6-3-2-4-7-13;1-14-6-9(11(15)16)10(13-14)7-3-2-4-8(12)5-7;1-15-11(14)10(13)9(12)7-8-5-3-2-4-6-8;;/h3-10,12-13,18,20,27H,11H2,1-2H3,(H,24,28);3-10,12-13,18H,11H2,1-2H3,(H,24,28);2-9,11-12,17H,10H2,1H3,(H,23,27)(H,28,29);2-6H,1H3,(H,15,16);2-6,9-10,13H,7,12H2,1H3;1H4;1H. The molecule has 6 unspecified atom stereocenters. The third kappa shape index (κ3) is 27.9. The van der Waals surface area contributed by atoms with Crippen molar-refractivity contribution >= 4 is 71.5 Å². The van der Waals surface area contributed by atoms with E-state index in [2.05, 4.69) is 50.6 Å². The maximum Gasteiger partial charge on any atom is 0.376 e. The molecule has 0 saturated heterocycles. The number of aliphatic hydroxyl groups is 2. The van der Waals surface area contributed by atoms with E-state index in [1.165, 1.54) is 123 Å². The van der Waals surface area contributed by atoms with E-state index in [1.54, 1.807) is 107 Å². The van der Waals surface area contributed by atoms with Gasteiger partial charge in [0.15, 0.2) is 12.2 Å². The summed E-state index contributed by atoms with van der Waals surface area (Å²) in [5, 5.41) is 62.4. The third-order valence-electron chi connectivity index (χ3n) is 17.7. The first-order valence-electron chi connectivity index (χ1n) is 36.5. The quantitative estimate of drug-likeness (QED) is 0.0103. The molecule has 12 aromatic rings. The monoisotopic (exact) mass is 1700 g/mol. The molecular formula is C88H89ClF4N12O17. The number of esters is 3. The summed E-state index contributed by atoms with van der Waals surface area (Å²) in [4.78, 5) is 120. The molecule has 0 aliphatic carbocycles. The number of rotatable bonds is 27. The highest BCUT2D eigenvalue weighted by Gasteiger charge is 2.34. The molecule has 122 heavy (non-hydrogen) atoms. The molecule has 4 heterocycles. The smallest absolute Gasteiger partial charge is 0.376 e. The van der Waals surface area contributed by atoms with Gasteiger partial charge in [0.05, 0.1) is 44.1 Å². The van der Waals surface area contributed by atoms with E-state index in [0.717, 1.165) is 30.9 Å². The Labute approximate surface area is 704 Å². The number of halogens is 5. The number of aliphatic hydroxyl groups excluding tert-OH is 2. The fourth-order valence-corrected chi connectivity index (χ4v) is 11.9. The second-order valence-electron chi connectivity index (χ2n) is 26.6. The average molecular weight is 1700 g/mol. The van der Waals surface area contributed by atoms with E-state index in [9.17, 15) is 75.7 Å². The van der Waals surface area contributed by atoms with Crippen molar-refractivity contribution in [2.75, 3.05) is 21.3 Å². The van der Waals surface area contributed by atoms with Gasteiger partial charge in [0.1, 0.15) is 63.7 Å². The zero-order valence-electron chi connectivity index (χ0n) is 66.1. The van der Waals surface area contributed by atoms with Gasteiger partial charge in [-0.2, -0.15) is 20.4 Å². The minimum absolute atomic E-state index is 0. The minimum atomic E-state index is -1.64. The Hall–Kier alpha value is -14.4. The van der Waals surface area contributed by atoms with E-state index in [0.29, 0.717) is 39.9 Å². The minimum Gasteiger partial charge on any atom is -0.478 e. The van der Waals surface area contributed by atoms with Crippen LogP contribution < -0.4 is 21.7 Å². The number of nitrogens with one attached hydrogen (secondary N) is 3. The first-order valence-corrected chi connectivity index (χ1v) is 36.5. The van der Waals surface area contributed by atoms with Gasteiger partial charge >= 0.3 is 29.8 Å². The summed E-state index contributed by atoms with van der Waals surface area (Å²) in [6.45, 7) is 0. The second-order valence-corrected chi connectivity index (χ2v) is 26.6. The van der Waals surface area contributed by atoms with Crippen LogP contribution in [0.5, 0.6) is 0 Å². The van der Waals surface area contributed by atoms with Crippen molar-refractivity contribution in [3.8, 4) is 45.0 Å². The molecule has 4 aromatic heterocycles. The van der Waals surface area contributed by atoms with Gasteiger partial charge in [-0.15, -0.1) is 12.4 Å². The fraction of sp³-hybridized carbons (Fsp3) is 0.205. The van der Waals surface area contributed by atoms with Crippen molar-refractivity contribution in [1.29, 1.82) is 0 Å². The van der Waals surface area contributed by atoms with Gasteiger partial charge < -0.3 is 56.3 Å². The third-order valence-corrected chi connectivity index (χ3v) is 17.7. The molecule has 9 N–H and O–H groups in total. The van der Waals surface area contributed by atoms with Crippen LogP contribution in [-0.2, 0) is 96.9 Å². The SMILES string of the molecule is C.COC(=O)C(=O)C(Cc1ccccc1)NC(=O)c1cn(C)nc1-c1cccc(F)c1.COC(=O)C(O)C(Cc1ccccc1)NC(=O)c1cn(C)nc1-c1cccc(F)c1.COC(=O)C(O)C(N)Cc1ccccc1.Cl.Cn1cc(C(=O)NC(Cc2ccccc2)C(=O)C(=O)O)c(-c2cccc(F)c2)n1.Cn1cc(C(=O)O)c(-c2cccc(F)c2)n1. The lowest BCUT2D eigenvalue weighted by atomic mass is 10.00. The molecule has 0 bridgehead atoms.